The number of rotatable bonds is 6. The van der Waals surface area contributed by atoms with Crippen molar-refractivity contribution in [3.8, 4) is 0 Å². The second-order valence-corrected chi connectivity index (χ2v) is 10.8. The summed E-state index contributed by atoms with van der Waals surface area (Å²) in [7, 11) is -3.74. The van der Waals surface area contributed by atoms with Gasteiger partial charge in [-0.2, -0.15) is 0 Å². The first-order valence-corrected chi connectivity index (χ1v) is 11.2. The number of benzene rings is 1. The van der Waals surface area contributed by atoms with Crippen LogP contribution in [0.15, 0.2) is 29.2 Å². The van der Waals surface area contributed by atoms with Gasteiger partial charge in [0.15, 0.2) is 0 Å². The van der Waals surface area contributed by atoms with Crippen molar-refractivity contribution in [1.29, 1.82) is 0 Å². The minimum atomic E-state index is -3.45. The van der Waals surface area contributed by atoms with Crippen LogP contribution in [0.2, 0.25) is 0 Å². The van der Waals surface area contributed by atoms with Gasteiger partial charge in [-0.25, -0.2) is 25.4 Å². The molecule has 0 bridgehead atoms. The van der Waals surface area contributed by atoms with Crippen LogP contribution in [0.4, 0.5) is 0 Å². The third-order valence-corrected chi connectivity index (χ3v) is 8.19. The van der Waals surface area contributed by atoms with E-state index in [0.717, 1.165) is 22.7 Å². The normalized spacial score (nSPS) is 18.2. The zero-order chi connectivity index (χ0) is 18.0. The van der Waals surface area contributed by atoms with Crippen LogP contribution in [-0.4, -0.2) is 58.4 Å². The van der Waals surface area contributed by atoms with Crippen molar-refractivity contribution in [2.24, 2.45) is 5.92 Å². The molecule has 1 saturated heterocycles. The molecule has 0 N–H and O–H groups in total. The van der Waals surface area contributed by atoms with Gasteiger partial charge in [-0.1, -0.05) is 19.1 Å². The van der Waals surface area contributed by atoms with Crippen molar-refractivity contribution < 1.29 is 16.8 Å². The van der Waals surface area contributed by atoms with Crippen LogP contribution < -0.4 is 0 Å². The smallest absolute Gasteiger partial charge is 0.212 e. The number of nitrogens with zero attached hydrogens (tertiary/aromatic N) is 2. The van der Waals surface area contributed by atoms with Gasteiger partial charge in [0.05, 0.1) is 10.6 Å². The van der Waals surface area contributed by atoms with Crippen LogP contribution in [-0.2, 0) is 26.5 Å². The van der Waals surface area contributed by atoms with E-state index < -0.39 is 20.0 Å². The summed E-state index contributed by atoms with van der Waals surface area (Å²) in [5, 5.41) is 0. The Labute approximate surface area is 145 Å². The zero-order valence-corrected chi connectivity index (χ0v) is 16.1. The third kappa shape index (κ3) is 4.56. The molecule has 0 amide bonds. The van der Waals surface area contributed by atoms with Gasteiger partial charge < -0.3 is 0 Å². The first kappa shape index (κ1) is 19.4. The highest BCUT2D eigenvalue weighted by Crippen LogP contribution is 2.20. The number of piperidine rings is 1. The monoisotopic (exact) mass is 374 g/mol. The summed E-state index contributed by atoms with van der Waals surface area (Å²) in [6, 6.07) is 6.42. The van der Waals surface area contributed by atoms with Crippen molar-refractivity contribution in [2.45, 2.75) is 31.1 Å². The Balaban J connectivity index is 1.99. The maximum atomic E-state index is 12.4. The summed E-state index contributed by atoms with van der Waals surface area (Å²) in [5.74, 6) is 0.642. The summed E-state index contributed by atoms with van der Waals surface area (Å²) in [5.41, 5.74) is 0.821. The predicted octanol–water partition coefficient (Wildman–Crippen LogP) is 1.54. The van der Waals surface area contributed by atoms with E-state index in [1.54, 1.807) is 16.4 Å². The molecule has 0 unspecified atom stereocenters. The van der Waals surface area contributed by atoms with Crippen molar-refractivity contribution >= 4 is 20.0 Å². The fourth-order valence-electron chi connectivity index (χ4n) is 2.68. The van der Waals surface area contributed by atoms with Gasteiger partial charge in [0, 0.05) is 27.2 Å². The second-order valence-electron chi connectivity index (χ2n) is 6.58. The van der Waals surface area contributed by atoms with Gasteiger partial charge in [-0.05, 0) is 42.9 Å². The van der Waals surface area contributed by atoms with E-state index in [1.165, 1.54) is 26.2 Å². The molecule has 0 saturated carbocycles. The van der Waals surface area contributed by atoms with Crippen molar-refractivity contribution in [1.82, 2.24) is 8.61 Å². The number of hydrogen-bond donors (Lipinski definition) is 0. The Hall–Kier alpha value is -0.960. The van der Waals surface area contributed by atoms with Crippen molar-refractivity contribution in [3.05, 3.63) is 29.8 Å². The Morgan fingerprint density at radius 3 is 2.08 bits per heavy atom. The Morgan fingerprint density at radius 2 is 1.58 bits per heavy atom. The maximum Gasteiger partial charge on any atom is 0.242 e. The molecule has 1 heterocycles. The van der Waals surface area contributed by atoms with Gasteiger partial charge in [-0.3, -0.25) is 0 Å². The number of hydrogen-bond acceptors (Lipinski definition) is 4. The highest BCUT2D eigenvalue weighted by molar-refractivity contribution is 7.89. The highest BCUT2D eigenvalue weighted by Gasteiger charge is 2.26. The Morgan fingerprint density at radius 1 is 1.04 bits per heavy atom. The first-order chi connectivity index (χ1) is 11.1. The summed E-state index contributed by atoms with van der Waals surface area (Å²) in [4.78, 5) is 0.212. The van der Waals surface area contributed by atoms with Gasteiger partial charge in [0.1, 0.15) is 0 Å². The van der Waals surface area contributed by atoms with E-state index in [-0.39, 0.29) is 10.6 Å². The van der Waals surface area contributed by atoms with Crippen molar-refractivity contribution in [3.63, 3.8) is 0 Å². The molecule has 1 aromatic carbocycles. The van der Waals surface area contributed by atoms with Crippen LogP contribution in [0.25, 0.3) is 0 Å². The molecule has 8 heteroatoms. The van der Waals surface area contributed by atoms with Crippen molar-refractivity contribution in [2.75, 3.05) is 32.9 Å². The molecular formula is C16H26N2O4S2. The molecular weight excluding hydrogens is 348 g/mol. The summed E-state index contributed by atoms with van der Waals surface area (Å²) in [6.07, 6.45) is 2.21. The van der Waals surface area contributed by atoms with E-state index in [4.69, 9.17) is 0 Å². The van der Waals surface area contributed by atoms with Gasteiger partial charge in [-0.15, -0.1) is 0 Å². The summed E-state index contributed by atoms with van der Waals surface area (Å²) in [6.45, 7) is 3.35. The molecule has 0 aliphatic carbocycles. The predicted molar refractivity (Wildman–Crippen MR) is 94.8 cm³/mol. The lowest BCUT2D eigenvalue weighted by Gasteiger charge is -2.29. The van der Waals surface area contributed by atoms with Crippen LogP contribution >= 0.6 is 0 Å². The molecule has 0 aromatic heterocycles. The first-order valence-electron chi connectivity index (χ1n) is 8.12. The molecule has 1 aliphatic heterocycles. The summed E-state index contributed by atoms with van der Waals surface area (Å²) >= 11 is 0. The molecule has 24 heavy (non-hydrogen) atoms. The molecule has 1 aromatic rings. The molecule has 1 aliphatic rings. The van der Waals surface area contributed by atoms with E-state index in [0.29, 0.717) is 25.4 Å². The van der Waals surface area contributed by atoms with E-state index in [9.17, 15) is 16.8 Å². The average Bonchev–Trinajstić information content (AvgIpc) is 2.53. The number of sulfonamides is 2. The van der Waals surface area contributed by atoms with Crippen LogP contribution in [0.5, 0.6) is 0 Å². The fourth-order valence-corrected chi connectivity index (χ4v) is 5.10. The average molecular weight is 375 g/mol. The lowest BCUT2D eigenvalue weighted by atomic mass is 10.0. The van der Waals surface area contributed by atoms with Gasteiger partial charge in [0.2, 0.25) is 20.0 Å². The Bertz CT molecular complexity index is 748. The minimum absolute atomic E-state index is 0.0567. The topological polar surface area (TPSA) is 74.8 Å². The zero-order valence-electron chi connectivity index (χ0n) is 14.5. The van der Waals surface area contributed by atoms with E-state index in [1.807, 2.05) is 0 Å². The molecule has 1 fully saturated rings. The van der Waals surface area contributed by atoms with Gasteiger partial charge in [0.25, 0.3) is 0 Å². The Kier molecular flexibility index (Phi) is 6.06. The molecule has 2 rings (SSSR count). The molecule has 6 nitrogen and oxygen atoms in total. The van der Waals surface area contributed by atoms with Crippen LogP contribution in [0.3, 0.4) is 0 Å². The highest BCUT2D eigenvalue weighted by atomic mass is 32.2. The SMILES string of the molecule is CC1CCN(S(=O)(=O)CCc2ccc(S(=O)(=O)N(C)C)cc2)CC1. The molecule has 0 spiro atoms. The minimum Gasteiger partial charge on any atom is -0.212 e. The second kappa shape index (κ2) is 7.51. The fraction of sp³-hybridized carbons (Fsp3) is 0.625. The number of aryl methyl sites for hydroxylation is 1. The standard InChI is InChI=1S/C16H26N2O4S2/c1-14-8-11-18(12-9-14)23(19,20)13-10-15-4-6-16(7-5-15)24(21,22)17(2)3/h4-7,14H,8-13H2,1-3H3. The van der Waals surface area contributed by atoms with E-state index >= 15 is 0 Å². The lowest BCUT2D eigenvalue weighted by Crippen LogP contribution is -2.39. The molecule has 0 radical (unpaired) electrons. The van der Waals surface area contributed by atoms with E-state index in [2.05, 4.69) is 6.92 Å². The third-order valence-electron chi connectivity index (χ3n) is 4.49. The van der Waals surface area contributed by atoms with Crippen LogP contribution in [0.1, 0.15) is 25.3 Å². The maximum absolute atomic E-state index is 12.4. The molecule has 136 valence electrons. The molecule has 0 atom stereocenters. The summed E-state index contributed by atoms with van der Waals surface area (Å²) < 4.78 is 51.6. The quantitative estimate of drug-likeness (QED) is 0.757. The van der Waals surface area contributed by atoms with Crippen LogP contribution in [0, 0.1) is 5.92 Å². The van der Waals surface area contributed by atoms with Gasteiger partial charge >= 0.3 is 0 Å². The lowest BCUT2D eigenvalue weighted by molar-refractivity contribution is 0.288. The largest absolute Gasteiger partial charge is 0.242 e.